The molecule has 1 heterocycles. The highest BCUT2D eigenvalue weighted by atomic mass is 16.6. The number of carbonyl (C=O) groups is 2. The molecule has 5 rings (SSSR count). The molecule has 1 aliphatic rings. The Morgan fingerprint density at radius 2 is 1.56 bits per heavy atom. The van der Waals surface area contributed by atoms with Gasteiger partial charge in [-0.05, 0) is 68.4 Å². The Morgan fingerprint density at radius 1 is 0.949 bits per heavy atom. The number of nitrogens with one attached hydrogen (secondary N) is 1. The van der Waals surface area contributed by atoms with Crippen LogP contribution in [0.2, 0.25) is 0 Å². The number of benzene rings is 3. The molecule has 0 radical (unpaired) electrons. The first-order valence-electron chi connectivity index (χ1n) is 13.2. The molecular weight excluding hydrogens is 492 g/mol. The summed E-state index contributed by atoms with van der Waals surface area (Å²) in [5.41, 5.74) is 6.38. The highest BCUT2D eigenvalue weighted by Crippen LogP contribution is 2.49. The van der Waals surface area contributed by atoms with Crippen molar-refractivity contribution in [2.24, 2.45) is 0 Å². The van der Waals surface area contributed by atoms with Crippen LogP contribution in [0.15, 0.2) is 77.3 Å². The number of rotatable bonds is 8. The molecule has 200 valence electrons. The molecule has 0 bridgehead atoms. The van der Waals surface area contributed by atoms with Crippen LogP contribution < -0.4 is 5.32 Å². The molecule has 0 aliphatic heterocycles. The van der Waals surface area contributed by atoms with E-state index in [0.29, 0.717) is 23.7 Å². The largest absolute Gasteiger partial charge is 0.465 e. The first-order valence-corrected chi connectivity index (χ1v) is 13.2. The normalized spacial score (nSPS) is 14.4. The van der Waals surface area contributed by atoms with E-state index in [2.05, 4.69) is 10.5 Å². The van der Waals surface area contributed by atoms with Crippen LogP contribution >= 0.6 is 0 Å². The molecule has 1 atom stereocenters. The van der Waals surface area contributed by atoms with Crippen LogP contribution in [-0.2, 0) is 19.7 Å². The Bertz CT molecular complexity index is 1480. The second kappa shape index (κ2) is 10.8. The average Bonchev–Trinajstić information content (AvgIpc) is 3.68. The second-order valence-electron chi connectivity index (χ2n) is 9.96. The Hall–Kier alpha value is -4.39. The number of hydrogen-bond donors (Lipinski definition) is 1. The molecule has 1 amide bonds. The lowest BCUT2D eigenvalue weighted by atomic mass is 9.93. The molecule has 3 aromatic carbocycles. The Morgan fingerprint density at radius 3 is 2.18 bits per heavy atom. The van der Waals surface area contributed by atoms with Crippen molar-refractivity contribution in [2.45, 2.75) is 52.1 Å². The van der Waals surface area contributed by atoms with Crippen molar-refractivity contribution in [1.29, 1.82) is 0 Å². The summed E-state index contributed by atoms with van der Waals surface area (Å²) in [6.07, 6.45) is 0.662. The zero-order valence-electron chi connectivity index (χ0n) is 22.6. The van der Waals surface area contributed by atoms with Gasteiger partial charge in [-0.25, -0.2) is 4.79 Å². The van der Waals surface area contributed by atoms with Gasteiger partial charge in [0.2, 0.25) is 0 Å². The molecule has 7 heteroatoms. The van der Waals surface area contributed by atoms with Gasteiger partial charge >= 0.3 is 12.1 Å². The smallest absolute Gasteiger partial charge is 0.412 e. The number of hydrogen-bond acceptors (Lipinski definition) is 6. The van der Waals surface area contributed by atoms with Crippen molar-refractivity contribution >= 4 is 17.7 Å². The standard InChI is InChI=1S/C32H32N2O5/c1-5-37-30(35)32(18-19-32)26-16-14-24(15-17-26)23-10-12-25(13-11-23)29-28(21(3)34-39-29)33-31(36)38-22(4)27-9-7-6-8-20(27)2/h6-17,22H,5,18-19H2,1-4H3,(H,33,36). The van der Waals surface area contributed by atoms with E-state index >= 15 is 0 Å². The van der Waals surface area contributed by atoms with Crippen LogP contribution in [0.25, 0.3) is 22.5 Å². The molecule has 39 heavy (non-hydrogen) atoms. The highest BCUT2D eigenvalue weighted by Gasteiger charge is 2.52. The molecular formula is C32H32N2O5. The fraction of sp³-hybridized carbons (Fsp3) is 0.281. The Kier molecular flexibility index (Phi) is 7.24. The lowest BCUT2D eigenvalue weighted by Crippen LogP contribution is -2.23. The molecule has 1 N–H and O–H groups in total. The summed E-state index contributed by atoms with van der Waals surface area (Å²) < 4.78 is 16.5. The van der Waals surface area contributed by atoms with Gasteiger partial charge in [0.05, 0.1) is 12.0 Å². The molecule has 1 unspecified atom stereocenters. The zero-order chi connectivity index (χ0) is 27.6. The maximum absolute atomic E-state index is 12.7. The van der Waals surface area contributed by atoms with Crippen molar-refractivity contribution in [3.8, 4) is 22.5 Å². The topological polar surface area (TPSA) is 90.7 Å². The number of aromatic nitrogens is 1. The number of esters is 1. The zero-order valence-corrected chi connectivity index (χ0v) is 22.6. The maximum atomic E-state index is 12.7. The Balaban J connectivity index is 1.29. The van der Waals surface area contributed by atoms with Gasteiger partial charge in [-0.1, -0.05) is 78.0 Å². The van der Waals surface area contributed by atoms with E-state index in [1.807, 2.05) is 93.6 Å². The third kappa shape index (κ3) is 5.30. The number of carbonyl (C=O) groups excluding carboxylic acids is 2. The summed E-state index contributed by atoms with van der Waals surface area (Å²) in [7, 11) is 0. The van der Waals surface area contributed by atoms with Gasteiger partial charge in [-0.15, -0.1) is 0 Å². The quantitative estimate of drug-likeness (QED) is 0.240. The third-order valence-electron chi connectivity index (χ3n) is 7.33. The summed E-state index contributed by atoms with van der Waals surface area (Å²) in [6.45, 7) is 7.82. The minimum atomic E-state index is -0.578. The van der Waals surface area contributed by atoms with E-state index in [1.54, 1.807) is 6.92 Å². The lowest BCUT2D eigenvalue weighted by molar-refractivity contribution is -0.146. The van der Waals surface area contributed by atoms with Crippen LogP contribution in [0.4, 0.5) is 10.5 Å². The summed E-state index contributed by atoms with van der Waals surface area (Å²) in [4.78, 5) is 25.1. The molecule has 4 aromatic rings. The van der Waals surface area contributed by atoms with Crippen LogP contribution in [0.3, 0.4) is 0 Å². The van der Waals surface area contributed by atoms with Gasteiger partial charge < -0.3 is 14.0 Å². The van der Waals surface area contributed by atoms with Gasteiger partial charge in [0, 0.05) is 5.56 Å². The second-order valence-corrected chi connectivity index (χ2v) is 9.96. The fourth-order valence-corrected chi connectivity index (χ4v) is 4.91. The third-order valence-corrected chi connectivity index (χ3v) is 7.33. The van der Waals surface area contributed by atoms with E-state index in [1.165, 1.54) is 0 Å². The molecule has 1 aromatic heterocycles. The molecule has 1 fully saturated rings. The van der Waals surface area contributed by atoms with Crippen molar-refractivity contribution < 1.29 is 23.6 Å². The monoisotopic (exact) mass is 524 g/mol. The van der Waals surface area contributed by atoms with Crippen molar-refractivity contribution in [3.63, 3.8) is 0 Å². The van der Waals surface area contributed by atoms with E-state index in [9.17, 15) is 9.59 Å². The molecule has 0 saturated heterocycles. The van der Waals surface area contributed by atoms with E-state index in [4.69, 9.17) is 14.0 Å². The summed E-state index contributed by atoms with van der Waals surface area (Å²) in [5.74, 6) is 0.322. The SMILES string of the molecule is CCOC(=O)C1(c2ccc(-c3ccc(-c4onc(C)c4NC(=O)OC(C)c4ccccc4C)cc3)cc2)CC1. The molecule has 1 saturated carbocycles. The summed E-state index contributed by atoms with van der Waals surface area (Å²) >= 11 is 0. The van der Waals surface area contributed by atoms with E-state index < -0.39 is 17.6 Å². The lowest BCUT2D eigenvalue weighted by Gasteiger charge is -2.16. The maximum Gasteiger partial charge on any atom is 0.412 e. The van der Waals surface area contributed by atoms with Crippen LogP contribution in [0, 0.1) is 13.8 Å². The van der Waals surface area contributed by atoms with Gasteiger partial charge in [0.25, 0.3) is 0 Å². The van der Waals surface area contributed by atoms with Gasteiger partial charge in [0.1, 0.15) is 17.5 Å². The first-order chi connectivity index (χ1) is 18.8. The number of nitrogens with zero attached hydrogens (tertiary/aromatic N) is 1. The number of amides is 1. The van der Waals surface area contributed by atoms with Crippen LogP contribution in [-0.4, -0.2) is 23.8 Å². The van der Waals surface area contributed by atoms with Crippen molar-refractivity contribution in [2.75, 3.05) is 11.9 Å². The van der Waals surface area contributed by atoms with Crippen molar-refractivity contribution in [1.82, 2.24) is 5.16 Å². The van der Waals surface area contributed by atoms with Gasteiger partial charge in [-0.2, -0.15) is 0 Å². The van der Waals surface area contributed by atoms with Gasteiger partial charge in [0.15, 0.2) is 5.76 Å². The Labute approximate surface area is 228 Å². The first kappa shape index (κ1) is 26.2. The minimum absolute atomic E-state index is 0.137. The number of aryl methyl sites for hydroxylation is 2. The minimum Gasteiger partial charge on any atom is -0.465 e. The molecule has 0 spiro atoms. The predicted molar refractivity (Wildman–Crippen MR) is 149 cm³/mol. The fourth-order valence-electron chi connectivity index (χ4n) is 4.91. The average molecular weight is 525 g/mol. The van der Waals surface area contributed by atoms with Crippen molar-refractivity contribution in [3.05, 3.63) is 95.2 Å². The van der Waals surface area contributed by atoms with E-state index in [-0.39, 0.29) is 5.97 Å². The molecule has 1 aliphatic carbocycles. The summed E-state index contributed by atoms with van der Waals surface area (Å²) in [5, 5.41) is 6.87. The number of ether oxygens (including phenoxy) is 2. The predicted octanol–water partition coefficient (Wildman–Crippen LogP) is 7.53. The van der Waals surface area contributed by atoms with Crippen LogP contribution in [0.1, 0.15) is 55.2 Å². The number of anilines is 1. The van der Waals surface area contributed by atoms with E-state index in [0.717, 1.165) is 46.2 Å². The summed E-state index contributed by atoms with van der Waals surface area (Å²) in [6, 6.07) is 23.7. The highest BCUT2D eigenvalue weighted by molar-refractivity contribution is 5.91. The van der Waals surface area contributed by atoms with Gasteiger partial charge in [-0.3, -0.25) is 10.1 Å². The molecule has 7 nitrogen and oxygen atoms in total. The van der Waals surface area contributed by atoms with Crippen LogP contribution in [0.5, 0.6) is 0 Å².